The van der Waals surface area contributed by atoms with Crippen LogP contribution in [0.3, 0.4) is 0 Å². The normalized spacial score (nSPS) is 10.6. The fourth-order valence-electron chi connectivity index (χ4n) is 3.02. The third-order valence-corrected chi connectivity index (χ3v) is 5.20. The number of carbonyl (C=O) groups excluding carboxylic acids is 1. The number of benzene rings is 3. The molecule has 3 rings (SSSR count). The van der Waals surface area contributed by atoms with Crippen LogP contribution in [0.15, 0.2) is 70.2 Å². The fraction of sp³-hybridized carbons (Fsp3) is 0.160. The maximum atomic E-state index is 12.3. The average Bonchev–Trinajstić information content (AvgIpc) is 2.79. The van der Waals surface area contributed by atoms with Crippen LogP contribution in [-0.4, -0.2) is 18.7 Å². The Morgan fingerprint density at radius 2 is 1.91 bits per heavy atom. The summed E-state index contributed by atoms with van der Waals surface area (Å²) in [6.07, 6.45) is 1.54. The van der Waals surface area contributed by atoms with Gasteiger partial charge in [-0.25, -0.2) is 5.43 Å². The molecule has 1 amide bonds. The summed E-state index contributed by atoms with van der Waals surface area (Å²) in [5, 5.41) is 13.3. The highest BCUT2D eigenvalue weighted by atomic mass is 79.9. The van der Waals surface area contributed by atoms with E-state index in [1.165, 1.54) is 6.21 Å². The summed E-state index contributed by atoms with van der Waals surface area (Å²) in [6.45, 7) is 4.42. The lowest BCUT2D eigenvalue weighted by molar-refractivity contribution is 0.0954. The van der Waals surface area contributed by atoms with Crippen LogP contribution in [0.25, 0.3) is 0 Å². The first-order valence-corrected chi connectivity index (χ1v) is 10.8. The smallest absolute Gasteiger partial charge is 0.271 e. The molecular weight excluding hydrogens is 470 g/mol. The Hall–Kier alpha value is -3.63. The first-order valence-electron chi connectivity index (χ1n) is 9.99. The van der Waals surface area contributed by atoms with E-state index >= 15 is 0 Å². The minimum absolute atomic E-state index is 0.225. The Morgan fingerprint density at radius 1 is 1.16 bits per heavy atom. The van der Waals surface area contributed by atoms with Crippen molar-refractivity contribution in [2.24, 2.45) is 5.10 Å². The van der Waals surface area contributed by atoms with Gasteiger partial charge in [-0.1, -0.05) is 36.4 Å². The van der Waals surface area contributed by atoms with Crippen LogP contribution in [0.1, 0.15) is 39.5 Å². The molecule has 0 aromatic heterocycles. The molecule has 0 radical (unpaired) electrons. The van der Waals surface area contributed by atoms with Crippen LogP contribution in [-0.2, 0) is 6.61 Å². The number of carbonyl (C=O) groups is 1. The van der Waals surface area contributed by atoms with E-state index in [1.54, 1.807) is 18.2 Å². The van der Waals surface area contributed by atoms with Crippen molar-refractivity contribution < 1.29 is 14.3 Å². The molecule has 1 N–H and O–H groups in total. The molecule has 6 nitrogen and oxygen atoms in total. The molecule has 3 aromatic carbocycles. The monoisotopic (exact) mass is 491 g/mol. The molecule has 0 aliphatic rings. The van der Waals surface area contributed by atoms with Crippen molar-refractivity contribution in [1.29, 1.82) is 5.26 Å². The molecule has 0 saturated carbocycles. The van der Waals surface area contributed by atoms with E-state index in [4.69, 9.17) is 9.47 Å². The molecule has 162 valence electrons. The van der Waals surface area contributed by atoms with Gasteiger partial charge in [-0.15, -0.1) is 0 Å². The predicted molar refractivity (Wildman–Crippen MR) is 127 cm³/mol. The molecule has 0 aliphatic carbocycles. The van der Waals surface area contributed by atoms with Crippen molar-refractivity contribution in [1.82, 2.24) is 5.43 Å². The summed E-state index contributed by atoms with van der Waals surface area (Å²) in [5.74, 6) is 0.781. The molecular formula is C25H22BrN3O3. The highest BCUT2D eigenvalue weighted by Gasteiger charge is 2.13. The summed E-state index contributed by atoms with van der Waals surface area (Å²) < 4.78 is 12.4. The number of aryl methyl sites for hydroxylation is 1. The molecule has 0 atom stereocenters. The van der Waals surface area contributed by atoms with Gasteiger partial charge in [0.25, 0.3) is 5.91 Å². The number of hydrazone groups is 1. The first-order chi connectivity index (χ1) is 15.5. The van der Waals surface area contributed by atoms with Gasteiger partial charge in [-0.2, -0.15) is 10.4 Å². The summed E-state index contributed by atoms with van der Waals surface area (Å²) in [6, 6.07) is 20.4. The van der Waals surface area contributed by atoms with Gasteiger partial charge < -0.3 is 9.47 Å². The Labute approximate surface area is 195 Å². The minimum Gasteiger partial charge on any atom is -0.490 e. The van der Waals surface area contributed by atoms with Crippen molar-refractivity contribution >= 4 is 28.1 Å². The lowest BCUT2D eigenvalue weighted by atomic mass is 10.1. The number of amides is 1. The number of nitrogens with one attached hydrogen (secondary N) is 1. The van der Waals surface area contributed by atoms with Crippen molar-refractivity contribution in [3.05, 3.63) is 93.0 Å². The number of hydrogen-bond acceptors (Lipinski definition) is 5. The fourth-order valence-corrected chi connectivity index (χ4v) is 3.60. The Bertz CT molecular complexity index is 1190. The summed E-state index contributed by atoms with van der Waals surface area (Å²) in [4.78, 5) is 12.3. The predicted octanol–water partition coefficient (Wildman–Crippen LogP) is 5.37. The molecule has 0 heterocycles. The van der Waals surface area contributed by atoms with Crippen LogP contribution in [0.5, 0.6) is 11.5 Å². The van der Waals surface area contributed by atoms with Crippen molar-refractivity contribution in [3.8, 4) is 17.6 Å². The minimum atomic E-state index is -0.278. The molecule has 3 aromatic rings. The SMILES string of the molecule is CCOc1cc(/C=N/NC(=O)c2ccccc2C)cc(Br)c1OCc1ccccc1C#N. The van der Waals surface area contributed by atoms with Crippen LogP contribution in [0.4, 0.5) is 0 Å². The maximum Gasteiger partial charge on any atom is 0.271 e. The molecule has 0 spiro atoms. The van der Waals surface area contributed by atoms with Crippen LogP contribution in [0, 0.1) is 18.3 Å². The number of ether oxygens (including phenoxy) is 2. The quantitative estimate of drug-likeness (QED) is 0.339. The largest absolute Gasteiger partial charge is 0.490 e. The van der Waals surface area contributed by atoms with E-state index in [2.05, 4.69) is 32.5 Å². The molecule has 32 heavy (non-hydrogen) atoms. The lowest BCUT2D eigenvalue weighted by Crippen LogP contribution is -2.18. The van der Waals surface area contributed by atoms with E-state index in [9.17, 15) is 10.1 Å². The number of nitrogens with zero attached hydrogens (tertiary/aromatic N) is 2. The molecule has 0 saturated heterocycles. The third-order valence-electron chi connectivity index (χ3n) is 4.61. The summed E-state index contributed by atoms with van der Waals surface area (Å²) >= 11 is 3.53. The van der Waals surface area contributed by atoms with Crippen molar-refractivity contribution in [2.75, 3.05) is 6.61 Å². The first kappa shape index (κ1) is 23.0. The van der Waals surface area contributed by atoms with Gasteiger partial charge in [0.1, 0.15) is 6.61 Å². The highest BCUT2D eigenvalue weighted by molar-refractivity contribution is 9.10. The van der Waals surface area contributed by atoms with Gasteiger partial charge in [0, 0.05) is 11.1 Å². The lowest BCUT2D eigenvalue weighted by Gasteiger charge is -2.15. The Balaban J connectivity index is 1.76. The topological polar surface area (TPSA) is 83.7 Å². The van der Waals surface area contributed by atoms with E-state index in [0.29, 0.717) is 33.7 Å². The zero-order chi connectivity index (χ0) is 22.9. The van der Waals surface area contributed by atoms with Gasteiger partial charge in [0.05, 0.1) is 28.9 Å². The standard InChI is InChI=1S/C25H22BrN3O3/c1-3-31-23-13-18(15-28-29-25(30)21-11-7-4-8-17(21)2)12-22(26)24(23)32-16-20-10-6-5-9-19(20)14-27/h4-13,15H,3,16H2,1-2H3,(H,29,30)/b28-15+. The summed E-state index contributed by atoms with van der Waals surface area (Å²) in [5.41, 5.74) is 6.06. The zero-order valence-electron chi connectivity index (χ0n) is 17.8. The third kappa shape index (κ3) is 5.74. The van der Waals surface area contributed by atoms with E-state index in [0.717, 1.165) is 16.7 Å². The molecule has 7 heteroatoms. The molecule has 0 aliphatic heterocycles. The van der Waals surface area contributed by atoms with Gasteiger partial charge in [-0.05, 0) is 65.2 Å². The van der Waals surface area contributed by atoms with E-state index < -0.39 is 0 Å². The van der Waals surface area contributed by atoms with Crippen LogP contribution >= 0.6 is 15.9 Å². The van der Waals surface area contributed by atoms with E-state index in [-0.39, 0.29) is 12.5 Å². The molecule has 0 unspecified atom stereocenters. The van der Waals surface area contributed by atoms with Gasteiger partial charge >= 0.3 is 0 Å². The number of rotatable bonds is 8. The van der Waals surface area contributed by atoms with Gasteiger partial charge in [-0.3, -0.25) is 4.79 Å². The second-order valence-electron chi connectivity index (χ2n) is 6.83. The van der Waals surface area contributed by atoms with Gasteiger partial charge in [0.2, 0.25) is 0 Å². The maximum absolute atomic E-state index is 12.3. The molecule has 0 fully saturated rings. The number of nitriles is 1. The molecule has 0 bridgehead atoms. The van der Waals surface area contributed by atoms with Gasteiger partial charge in [0.15, 0.2) is 11.5 Å². The highest BCUT2D eigenvalue weighted by Crippen LogP contribution is 2.37. The second kappa shape index (κ2) is 11.1. The Kier molecular flexibility index (Phi) is 8.01. The van der Waals surface area contributed by atoms with Crippen molar-refractivity contribution in [2.45, 2.75) is 20.5 Å². The van der Waals surface area contributed by atoms with E-state index in [1.807, 2.05) is 56.3 Å². The zero-order valence-corrected chi connectivity index (χ0v) is 19.3. The summed E-state index contributed by atoms with van der Waals surface area (Å²) in [7, 11) is 0. The Morgan fingerprint density at radius 3 is 2.66 bits per heavy atom. The number of halogens is 1. The van der Waals surface area contributed by atoms with Crippen molar-refractivity contribution in [3.63, 3.8) is 0 Å². The van der Waals surface area contributed by atoms with Crippen LogP contribution < -0.4 is 14.9 Å². The number of hydrogen-bond donors (Lipinski definition) is 1. The average molecular weight is 492 g/mol. The van der Waals surface area contributed by atoms with Crippen LogP contribution in [0.2, 0.25) is 0 Å². The second-order valence-corrected chi connectivity index (χ2v) is 7.69.